The third-order valence-corrected chi connectivity index (χ3v) is 2.69. The molecule has 68 valence electrons. The monoisotopic (exact) mass is 157 g/mol. The normalized spacial score (nSPS) is 17.2. The van der Waals surface area contributed by atoms with Gasteiger partial charge in [0.05, 0.1) is 0 Å². The van der Waals surface area contributed by atoms with Crippen molar-refractivity contribution in [3.05, 3.63) is 0 Å². The molecule has 1 aliphatic rings. The zero-order valence-corrected chi connectivity index (χ0v) is 7.94. The van der Waals surface area contributed by atoms with Crippen molar-refractivity contribution in [3.63, 3.8) is 0 Å². The molecular weight excluding hydrogens is 134 g/mol. The number of rotatable bonds is 5. The maximum Gasteiger partial charge on any atom is -0.0414 e. The Morgan fingerprint density at radius 3 is 2.27 bits per heavy atom. The molecule has 1 rings (SSSR count). The summed E-state index contributed by atoms with van der Waals surface area (Å²) in [5.74, 6) is 1.14. The van der Waals surface area contributed by atoms with E-state index in [1.165, 1.54) is 51.4 Å². The zero-order valence-electron chi connectivity index (χ0n) is 7.94. The average molecular weight is 157 g/mol. The first kappa shape index (κ1) is 11.0. The van der Waals surface area contributed by atoms with Gasteiger partial charge in [-0.15, -0.1) is 0 Å². The number of hydrogen-bond donors (Lipinski definition) is 1. The Bertz CT molecular complexity index is 76.9. The third-order valence-electron chi connectivity index (χ3n) is 2.69. The summed E-state index contributed by atoms with van der Waals surface area (Å²) in [6.45, 7) is 2.28. The van der Waals surface area contributed by atoms with Crippen LogP contribution in [0, 0.1) is 5.92 Å². The van der Waals surface area contributed by atoms with Crippen LogP contribution in [0.4, 0.5) is 0 Å². The van der Waals surface area contributed by atoms with Crippen molar-refractivity contribution in [2.24, 2.45) is 5.92 Å². The lowest BCUT2D eigenvalue weighted by Gasteiger charge is -2.24. The predicted octanol–water partition coefficient (Wildman–Crippen LogP) is 3.92. The second-order valence-corrected chi connectivity index (χ2v) is 3.65. The van der Waals surface area contributed by atoms with Crippen LogP contribution in [-0.2, 0) is 0 Å². The molecule has 0 radical (unpaired) electrons. The summed E-state index contributed by atoms with van der Waals surface area (Å²) >= 11 is 0. The van der Waals surface area contributed by atoms with Gasteiger partial charge in [0.15, 0.2) is 0 Å². The molecule has 0 spiro atoms. The Kier molecular flexibility index (Phi) is 6.63. The first-order valence-electron chi connectivity index (χ1n) is 4.93. The van der Waals surface area contributed by atoms with Crippen molar-refractivity contribution < 1.29 is 0 Å². The van der Waals surface area contributed by atoms with Crippen molar-refractivity contribution in [2.75, 3.05) is 0 Å². The van der Waals surface area contributed by atoms with Crippen LogP contribution in [-0.4, -0.2) is 0 Å². The van der Waals surface area contributed by atoms with E-state index in [0.717, 1.165) is 5.92 Å². The van der Waals surface area contributed by atoms with Crippen molar-refractivity contribution in [2.45, 2.75) is 58.3 Å². The van der Waals surface area contributed by atoms with Gasteiger partial charge in [0, 0.05) is 0 Å². The summed E-state index contributed by atoms with van der Waals surface area (Å²) in [7, 11) is 0. The lowest BCUT2D eigenvalue weighted by Crippen LogP contribution is -2.10. The van der Waals surface area contributed by atoms with Crippen molar-refractivity contribution in [1.82, 2.24) is 6.15 Å². The molecule has 0 atom stereocenters. The molecule has 1 aliphatic carbocycles. The lowest BCUT2D eigenvalue weighted by atomic mass is 9.82. The van der Waals surface area contributed by atoms with Crippen molar-refractivity contribution >= 4 is 0 Å². The Labute approximate surface area is 71.2 Å². The first-order valence-corrected chi connectivity index (χ1v) is 4.93. The van der Waals surface area contributed by atoms with E-state index in [1.807, 2.05) is 0 Å². The van der Waals surface area contributed by atoms with Crippen LogP contribution in [0.3, 0.4) is 0 Å². The highest BCUT2D eigenvalue weighted by Crippen LogP contribution is 2.30. The highest BCUT2D eigenvalue weighted by molar-refractivity contribution is 4.68. The quantitative estimate of drug-likeness (QED) is 0.603. The molecule has 1 heteroatoms. The van der Waals surface area contributed by atoms with E-state index in [0.29, 0.717) is 0 Å². The largest absolute Gasteiger partial charge is 0.344 e. The summed E-state index contributed by atoms with van der Waals surface area (Å²) in [5, 5.41) is 0. The van der Waals surface area contributed by atoms with Crippen LogP contribution in [0.25, 0.3) is 0 Å². The van der Waals surface area contributed by atoms with Crippen LogP contribution in [0.5, 0.6) is 0 Å². The molecule has 0 aromatic carbocycles. The van der Waals surface area contributed by atoms with E-state index in [-0.39, 0.29) is 6.15 Å². The molecule has 0 heterocycles. The summed E-state index contributed by atoms with van der Waals surface area (Å²) in [5.41, 5.74) is 0. The van der Waals surface area contributed by atoms with Gasteiger partial charge in [0.25, 0.3) is 0 Å². The van der Waals surface area contributed by atoms with Gasteiger partial charge in [-0.05, 0) is 5.92 Å². The topological polar surface area (TPSA) is 35.0 Å². The van der Waals surface area contributed by atoms with Crippen LogP contribution in [0.2, 0.25) is 0 Å². The third kappa shape index (κ3) is 4.41. The Morgan fingerprint density at radius 2 is 1.82 bits per heavy atom. The fourth-order valence-electron chi connectivity index (χ4n) is 1.64. The van der Waals surface area contributed by atoms with E-state index in [2.05, 4.69) is 6.92 Å². The molecule has 0 aromatic rings. The van der Waals surface area contributed by atoms with Crippen LogP contribution >= 0.6 is 0 Å². The number of hydrogen-bond acceptors (Lipinski definition) is 1. The molecule has 0 aromatic heterocycles. The summed E-state index contributed by atoms with van der Waals surface area (Å²) in [4.78, 5) is 0. The summed E-state index contributed by atoms with van der Waals surface area (Å²) in [6, 6.07) is 0. The second kappa shape index (κ2) is 6.66. The summed E-state index contributed by atoms with van der Waals surface area (Å²) < 4.78 is 0. The zero-order chi connectivity index (χ0) is 7.23. The minimum atomic E-state index is 0. The fraction of sp³-hybridized carbons (Fsp3) is 1.00. The molecule has 0 amide bonds. The fourth-order valence-corrected chi connectivity index (χ4v) is 1.64. The van der Waals surface area contributed by atoms with Crippen molar-refractivity contribution in [3.8, 4) is 0 Å². The lowest BCUT2D eigenvalue weighted by molar-refractivity contribution is 0.286. The Hall–Kier alpha value is -0.0400. The molecule has 0 bridgehead atoms. The van der Waals surface area contributed by atoms with Gasteiger partial charge in [-0.25, -0.2) is 0 Å². The van der Waals surface area contributed by atoms with E-state index in [1.54, 1.807) is 0 Å². The van der Waals surface area contributed by atoms with Gasteiger partial charge in [-0.1, -0.05) is 58.3 Å². The molecule has 0 unspecified atom stereocenters. The highest BCUT2D eigenvalue weighted by Gasteiger charge is 2.15. The number of unbranched alkanes of at least 4 members (excludes halogenated alkanes) is 3. The minimum absolute atomic E-state index is 0. The maximum absolute atomic E-state index is 2.28. The maximum atomic E-state index is 2.28. The second-order valence-electron chi connectivity index (χ2n) is 3.65. The molecule has 0 saturated heterocycles. The SMILES string of the molecule is CCCCCCC1CCC1.N. The first-order chi connectivity index (χ1) is 4.93. The molecule has 1 nitrogen and oxygen atoms in total. The molecule has 1 fully saturated rings. The molecular formula is C10H23N. The van der Waals surface area contributed by atoms with E-state index >= 15 is 0 Å². The van der Waals surface area contributed by atoms with Gasteiger partial charge < -0.3 is 6.15 Å². The van der Waals surface area contributed by atoms with Crippen LogP contribution in [0.15, 0.2) is 0 Å². The van der Waals surface area contributed by atoms with E-state index in [4.69, 9.17) is 0 Å². The average Bonchev–Trinajstić information content (AvgIpc) is 1.84. The Balaban J connectivity index is 0.000001000. The van der Waals surface area contributed by atoms with Gasteiger partial charge in [-0.2, -0.15) is 0 Å². The standard InChI is InChI=1S/C10H20.H3N/c1-2-3-4-5-7-10-8-6-9-10;/h10H,2-9H2,1H3;1H3. The van der Waals surface area contributed by atoms with Crippen molar-refractivity contribution in [1.29, 1.82) is 0 Å². The van der Waals surface area contributed by atoms with E-state index < -0.39 is 0 Å². The highest BCUT2D eigenvalue weighted by atomic mass is 14.2. The van der Waals surface area contributed by atoms with Crippen LogP contribution < -0.4 is 6.15 Å². The predicted molar refractivity (Wildman–Crippen MR) is 51.1 cm³/mol. The van der Waals surface area contributed by atoms with Gasteiger partial charge in [-0.3, -0.25) is 0 Å². The Morgan fingerprint density at radius 1 is 1.09 bits per heavy atom. The molecule has 11 heavy (non-hydrogen) atoms. The summed E-state index contributed by atoms with van der Waals surface area (Å²) in [6.07, 6.45) is 11.9. The van der Waals surface area contributed by atoms with E-state index in [9.17, 15) is 0 Å². The minimum Gasteiger partial charge on any atom is -0.344 e. The molecule has 3 N–H and O–H groups in total. The van der Waals surface area contributed by atoms with Gasteiger partial charge in [0.2, 0.25) is 0 Å². The molecule has 0 aliphatic heterocycles. The smallest absolute Gasteiger partial charge is 0.0414 e. The van der Waals surface area contributed by atoms with Crippen LogP contribution in [0.1, 0.15) is 58.3 Å². The van der Waals surface area contributed by atoms with Gasteiger partial charge >= 0.3 is 0 Å². The van der Waals surface area contributed by atoms with Gasteiger partial charge in [0.1, 0.15) is 0 Å². The molecule has 1 saturated carbocycles.